The van der Waals surface area contributed by atoms with Crippen molar-refractivity contribution < 1.29 is 43.6 Å². The maximum Gasteiger partial charge on any atom is 0.410 e. The van der Waals surface area contributed by atoms with Gasteiger partial charge in [-0.1, -0.05) is 6.92 Å². The zero-order chi connectivity index (χ0) is 35.1. The Labute approximate surface area is 283 Å². The van der Waals surface area contributed by atoms with Crippen molar-refractivity contribution in [1.82, 2.24) is 15.1 Å². The van der Waals surface area contributed by atoms with Gasteiger partial charge in [0, 0.05) is 53.3 Å². The molecule has 0 aliphatic carbocycles. The van der Waals surface area contributed by atoms with Crippen LogP contribution in [0.2, 0.25) is 0 Å². The number of nitro benzene ring substituents is 2. The first kappa shape index (κ1) is 33.9. The molecule has 0 bridgehead atoms. The van der Waals surface area contributed by atoms with Crippen LogP contribution in [0.15, 0.2) is 59.1 Å². The topological polar surface area (TPSA) is 212 Å². The lowest BCUT2D eigenvalue weighted by Crippen LogP contribution is -2.63. The van der Waals surface area contributed by atoms with E-state index in [1.807, 2.05) is 6.92 Å². The Morgan fingerprint density at radius 2 is 1.55 bits per heavy atom. The second-order valence-corrected chi connectivity index (χ2v) is 13.9. The third-order valence-electron chi connectivity index (χ3n) is 9.38. The van der Waals surface area contributed by atoms with Gasteiger partial charge in [-0.15, -0.1) is 11.8 Å². The number of nitrogens with zero attached hydrogens (tertiary/aromatic N) is 4. The van der Waals surface area contributed by atoms with Crippen LogP contribution >= 0.6 is 11.8 Å². The van der Waals surface area contributed by atoms with Gasteiger partial charge in [0.2, 0.25) is 11.8 Å². The molecule has 4 aliphatic heterocycles. The lowest BCUT2D eigenvalue weighted by Gasteiger charge is -2.46. The number of rotatable bonds is 11. The summed E-state index contributed by atoms with van der Waals surface area (Å²) in [4.78, 5) is 76.4. The molecule has 258 valence electrons. The lowest BCUT2D eigenvalue weighted by molar-refractivity contribution is -0.385. The van der Waals surface area contributed by atoms with Crippen LogP contribution in [0.1, 0.15) is 37.8 Å². The van der Waals surface area contributed by atoms with E-state index in [0.717, 1.165) is 0 Å². The number of aliphatic hydroxyl groups is 1. The standard InChI is InChI=1S/C32H33N5O11S/c1-16-27-26(17(2)38)30(40)35(27)28(31(41)47-14-18-3-7-20(8-4-18)36(43)44)29(16)49-22-11-24(23-12-25(39)33-23)34(13-22)32(42)48-15-19-5-9-21(10-6-19)37(45)46/h3-10,16-17,22-24,26-27,38H,11-15H2,1-2H3,(H,33,39)/t16-,17-,22+,23+,24+,26-,27-/m1/s1. The number of fused-ring (bicyclic) bond motifs is 1. The van der Waals surface area contributed by atoms with Crippen molar-refractivity contribution in [3.05, 3.63) is 90.5 Å². The van der Waals surface area contributed by atoms with Crippen molar-refractivity contribution in [2.24, 2.45) is 11.8 Å². The second-order valence-electron chi connectivity index (χ2n) is 12.5. The number of β-lactam (4-membered cyclic amide) rings is 2. The fourth-order valence-electron chi connectivity index (χ4n) is 6.84. The van der Waals surface area contributed by atoms with Gasteiger partial charge in [0.25, 0.3) is 11.4 Å². The smallest absolute Gasteiger partial charge is 0.410 e. The van der Waals surface area contributed by atoms with Crippen LogP contribution in [0.25, 0.3) is 0 Å². The largest absolute Gasteiger partial charge is 0.456 e. The van der Waals surface area contributed by atoms with Crippen LogP contribution < -0.4 is 5.32 Å². The number of nitrogens with one attached hydrogen (secondary N) is 1. The number of carbonyl (C=O) groups excluding carboxylic acids is 4. The predicted molar refractivity (Wildman–Crippen MR) is 171 cm³/mol. The van der Waals surface area contributed by atoms with E-state index >= 15 is 0 Å². The van der Waals surface area contributed by atoms with E-state index in [1.165, 1.54) is 72.1 Å². The molecule has 17 heteroatoms. The van der Waals surface area contributed by atoms with Crippen LogP contribution in [0.3, 0.4) is 0 Å². The molecule has 0 aromatic heterocycles. The molecule has 0 spiro atoms. The zero-order valence-corrected chi connectivity index (χ0v) is 27.2. The molecule has 16 nitrogen and oxygen atoms in total. The first-order valence-corrected chi connectivity index (χ1v) is 16.5. The number of amides is 3. The highest BCUT2D eigenvalue weighted by molar-refractivity contribution is 8.03. The molecular weight excluding hydrogens is 662 g/mol. The average molecular weight is 696 g/mol. The molecule has 3 fully saturated rings. The predicted octanol–water partition coefficient (Wildman–Crippen LogP) is 3.02. The third kappa shape index (κ3) is 6.55. The number of hydrogen-bond acceptors (Lipinski definition) is 12. The molecule has 2 aromatic rings. The molecule has 3 saturated heterocycles. The van der Waals surface area contributed by atoms with Gasteiger partial charge in [0.05, 0.1) is 40.0 Å². The van der Waals surface area contributed by atoms with E-state index in [0.29, 0.717) is 22.5 Å². The van der Waals surface area contributed by atoms with Crippen molar-refractivity contribution in [1.29, 1.82) is 0 Å². The number of non-ortho nitro benzene ring substituents is 2. The summed E-state index contributed by atoms with van der Waals surface area (Å²) in [5, 5.41) is 34.9. The van der Waals surface area contributed by atoms with Crippen molar-refractivity contribution in [2.45, 2.75) is 69.4 Å². The number of ether oxygens (including phenoxy) is 2. The summed E-state index contributed by atoms with van der Waals surface area (Å²) >= 11 is 1.35. The quantitative estimate of drug-likeness (QED) is 0.150. The monoisotopic (exact) mass is 695 g/mol. The highest BCUT2D eigenvalue weighted by Gasteiger charge is 2.60. The molecule has 2 aromatic carbocycles. The number of nitro groups is 2. The number of hydrogen-bond donors (Lipinski definition) is 2. The summed E-state index contributed by atoms with van der Waals surface area (Å²) in [5.41, 5.74) is 0.934. The maximum atomic E-state index is 13.6. The molecule has 0 saturated carbocycles. The summed E-state index contributed by atoms with van der Waals surface area (Å²) in [5.74, 6) is -2.35. The summed E-state index contributed by atoms with van der Waals surface area (Å²) < 4.78 is 11.2. The molecule has 0 radical (unpaired) electrons. The van der Waals surface area contributed by atoms with E-state index in [2.05, 4.69) is 5.32 Å². The Kier molecular flexibility index (Phi) is 9.30. The summed E-state index contributed by atoms with van der Waals surface area (Å²) in [6, 6.07) is 10.0. The van der Waals surface area contributed by atoms with Gasteiger partial charge in [0.1, 0.15) is 18.9 Å². The van der Waals surface area contributed by atoms with Crippen LogP contribution in [0, 0.1) is 32.1 Å². The first-order valence-electron chi connectivity index (χ1n) is 15.6. The molecule has 3 amide bonds. The van der Waals surface area contributed by atoms with E-state index in [4.69, 9.17) is 9.47 Å². The Hall–Kier alpha value is -5.03. The Balaban J connectivity index is 1.20. The van der Waals surface area contributed by atoms with Crippen LogP contribution in [-0.4, -0.2) is 84.7 Å². The van der Waals surface area contributed by atoms with Gasteiger partial charge >= 0.3 is 12.1 Å². The minimum atomic E-state index is -0.947. The molecule has 4 aliphatic rings. The van der Waals surface area contributed by atoms with Crippen LogP contribution in [0.5, 0.6) is 0 Å². The van der Waals surface area contributed by atoms with Crippen molar-refractivity contribution in [3.8, 4) is 0 Å². The molecule has 0 unspecified atom stereocenters. The van der Waals surface area contributed by atoms with Gasteiger partial charge in [-0.3, -0.25) is 29.8 Å². The summed E-state index contributed by atoms with van der Waals surface area (Å²) in [6.07, 6.45) is -0.898. The fraction of sp³-hybridized carbons (Fsp3) is 0.438. The molecule has 49 heavy (non-hydrogen) atoms. The minimum absolute atomic E-state index is 0.0685. The maximum absolute atomic E-state index is 13.6. The number of carbonyl (C=O) groups is 4. The van der Waals surface area contributed by atoms with Crippen molar-refractivity contribution in [3.63, 3.8) is 0 Å². The normalized spacial score (nSPS) is 26.3. The minimum Gasteiger partial charge on any atom is -0.456 e. The lowest BCUT2D eigenvalue weighted by atomic mass is 9.79. The average Bonchev–Trinajstić information content (AvgIpc) is 3.57. The molecule has 7 atom stereocenters. The fourth-order valence-corrected chi connectivity index (χ4v) is 8.38. The Morgan fingerprint density at radius 1 is 1.00 bits per heavy atom. The highest BCUT2D eigenvalue weighted by Crippen LogP contribution is 2.52. The molecular formula is C32H33N5O11S. The molecule has 4 heterocycles. The Morgan fingerprint density at radius 3 is 2.06 bits per heavy atom. The van der Waals surface area contributed by atoms with Crippen LogP contribution in [0.4, 0.5) is 16.2 Å². The number of benzene rings is 2. The van der Waals surface area contributed by atoms with Gasteiger partial charge in [0.15, 0.2) is 0 Å². The van der Waals surface area contributed by atoms with E-state index in [1.54, 1.807) is 4.90 Å². The van der Waals surface area contributed by atoms with Crippen molar-refractivity contribution >= 4 is 47.0 Å². The number of esters is 1. The van der Waals surface area contributed by atoms with E-state index in [-0.39, 0.29) is 66.4 Å². The number of thioether (sulfide) groups is 1. The SMILES string of the molecule is C[C@@H](O)[C@H]1C(=O)N2C(C(=O)OCc3ccc([N+](=O)[O-])cc3)=C(S[C@H]3C[C@@H]([C@@H]4CC(=O)N4)N(C(=O)OCc4ccc([N+](=O)[O-])cc4)C3)[C@H](C)[C@H]12. The van der Waals surface area contributed by atoms with E-state index < -0.39 is 51.9 Å². The first-order chi connectivity index (χ1) is 23.3. The van der Waals surface area contributed by atoms with Crippen molar-refractivity contribution in [2.75, 3.05) is 6.54 Å². The van der Waals surface area contributed by atoms with Gasteiger partial charge in [-0.25, -0.2) is 9.59 Å². The Bertz CT molecular complexity index is 1720. The summed E-state index contributed by atoms with van der Waals surface area (Å²) in [6.45, 7) is 3.29. The summed E-state index contributed by atoms with van der Waals surface area (Å²) in [7, 11) is 0. The highest BCUT2D eigenvalue weighted by atomic mass is 32.2. The third-order valence-corrected chi connectivity index (χ3v) is 10.9. The van der Waals surface area contributed by atoms with Crippen LogP contribution in [-0.2, 0) is 37.1 Å². The van der Waals surface area contributed by atoms with Gasteiger partial charge < -0.3 is 29.7 Å². The van der Waals surface area contributed by atoms with Gasteiger partial charge in [-0.05, 0) is 48.7 Å². The molecule has 6 rings (SSSR count). The number of aliphatic hydroxyl groups excluding tert-OH is 1. The van der Waals surface area contributed by atoms with E-state index in [9.17, 15) is 44.5 Å². The molecule has 2 N–H and O–H groups in total. The van der Waals surface area contributed by atoms with Gasteiger partial charge in [-0.2, -0.15) is 0 Å². The zero-order valence-electron chi connectivity index (χ0n) is 26.4. The number of likely N-dealkylation sites (tertiary alicyclic amines) is 1. The second kappa shape index (κ2) is 13.5.